The molecule has 22 heavy (non-hydrogen) atoms. The summed E-state index contributed by atoms with van der Waals surface area (Å²) in [7, 11) is 0. The summed E-state index contributed by atoms with van der Waals surface area (Å²) in [5.74, 6) is 0. The van der Waals surface area contributed by atoms with Crippen molar-refractivity contribution in [2.75, 3.05) is 0 Å². The maximum absolute atomic E-state index is 6.10. The number of benzene rings is 2. The van der Waals surface area contributed by atoms with E-state index in [1.165, 1.54) is 34.7 Å². The smallest absolute Gasteiger partial charge is 0.135 e. The fourth-order valence-corrected chi connectivity index (χ4v) is 4.03. The molecule has 2 heteroatoms. The molecule has 0 unspecified atom stereocenters. The highest BCUT2D eigenvalue weighted by molar-refractivity contribution is 7.80. The molecule has 0 spiro atoms. The third kappa shape index (κ3) is 1.93. The number of hydrogen-bond donors (Lipinski definition) is 1. The van der Waals surface area contributed by atoms with Gasteiger partial charge < -0.3 is 4.42 Å². The summed E-state index contributed by atoms with van der Waals surface area (Å²) in [5.41, 5.74) is 5.31. The Morgan fingerprint density at radius 2 is 1.41 bits per heavy atom. The van der Waals surface area contributed by atoms with Gasteiger partial charge in [0.2, 0.25) is 0 Å². The Balaban J connectivity index is 2.12. The van der Waals surface area contributed by atoms with Crippen molar-refractivity contribution in [1.29, 1.82) is 0 Å². The maximum atomic E-state index is 6.10. The summed E-state index contributed by atoms with van der Waals surface area (Å²) in [6.45, 7) is 9.42. The van der Waals surface area contributed by atoms with Crippen molar-refractivity contribution in [3.63, 3.8) is 0 Å². The highest BCUT2D eigenvalue weighted by Crippen LogP contribution is 2.48. The van der Waals surface area contributed by atoms with Crippen molar-refractivity contribution in [3.05, 3.63) is 41.5 Å². The van der Waals surface area contributed by atoms with Crippen LogP contribution in [0.5, 0.6) is 0 Å². The minimum absolute atomic E-state index is 0.215. The van der Waals surface area contributed by atoms with Gasteiger partial charge in [-0.15, -0.1) is 12.6 Å². The lowest BCUT2D eigenvalue weighted by Gasteiger charge is -2.41. The second-order valence-corrected chi connectivity index (χ2v) is 8.46. The fourth-order valence-electron chi connectivity index (χ4n) is 3.82. The highest BCUT2D eigenvalue weighted by Gasteiger charge is 2.37. The number of furan rings is 1. The molecular formula is C20H22OS. The lowest BCUT2D eigenvalue weighted by molar-refractivity contribution is 0.332. The Morgan fingerprint density at radius 1 is 0.818 bits per heavy atom. The number of thiol groups is 1. The molecule has 0 radical (unpaired) electrons. The molecule has 0 N–H and O–H groups in total. The molecule has 0 bridgehead atoms. The van der Waals surface area contributed by atoms with Gasteiger partial charge in [0.25, 0.3) is 0 Å². The van der Waals surface area contributed by atoms with Crippen molar-refractivity contribution in [3.8, 4) is 0 Å². The molecule has 0 fully saturated rings. The summed E-state index contributed by atoms with van der Waals surface area (Å²) < 4.78 is 6.10. The average molecular weight is 310 g/mol. The molecule has 114 valence electrons. The van der Waals surface area contributed by atoms with Crippen LogP contribution in [0.4, 0.5) is 0 Å². The number of rotatable bonds is 0. The first-order valence-electron chi connectivity index (χ1n) is 7.98. The van der Waals surface area contributed by atoms with Crippen LogP contribution in [0.15, 0.2) is 39.6 Å². The molecule has 3 aromatic rings. The monoisotopic (exact) mass is 310 g/mol. The average Bonchev–Trinajstić information content (AvgIpc) is 2.80. The highest BCUT2D eigenvalue weighted by atomic mass is 32.1. The van der Waals surface area contributed by atoms with Crippen LogP contribution < -0.4 is 0 Å². The summed E-state index contributed by atoms with van der Waals surface area (Å²) in [5, 5.41) is 2.39. The molecule has 0 saturated carbocycles. The van der Waals surface area contributed by atoms with Crippen molar-refractivity contribution in [2.45, 2.75) is 56.3 Å². The Labute approximate surface area is 137 Å². The Morgan fingerprint density at radius 3 is 2.09 bits per heavy atom. The van der Waals surface area contributed by atoms with Crippen LogP contribution in [0.2, 0.25) is 0 Å². The van der Waals surface area contributed by atoms with Crippen molar-refractivity contribution >= 4 is 34.6 Å². The quantitative estimate of drug-likeness (QED) is 0.486. The predicted octanol–water partition coefficient (Wildman–Crippen LogP) is 6.22. The van der Waals surface area contributed by atoms with Gasteiger partial charge in [0.1, 0.15) is 11.2 Å². The Hall–Kier alpha value is -1.41. The van der Waals surface area contributed by atoms with Crippen LogP contribution in [0.1, 0.15) is 51.7 Å². The van der Waals surface area contributed by atoms with Crippen LogP contribution in [0.25, 0.3) is 21.9 Å². The van der Waals surface area contributed by atoms with Gasteiger partial charge in [-0.25, -0.2) is 0 Å². The van der Waals surface area contributed by atoms with Crippen molar-refractivity contribution in [1.82, 2.24) is 0 Å². The Kier molecular flexibility index (Phi) is 2.79. The zero-order valence-electron chi connectivity index (χ0n) is 13.7. The van der Waals surface area contributed by atoms with E-state index in [1.807, 2.05) is 12.1 Å². The topological polar surface area (TPSA) is 13.1 Å². The second-order valence-electron chi connectivity index (χ2n) is 7.94. The molecule has 1 aromatic heterocycles. The van der Waals surface area contributed by atoms with E-state index in [9.17, 15) is 0 Å². The SMILES string of the molecule is CC1(C)CCC(C)(C)c2cc3c(cc21)oc1ccc(S)cc13. The summed E-state index contributed by atoms with van der Waals surface area (Å²) in [6.07, 6.45) is 2.45. The number of hydrogen-bond acceptors (Lipinski definition) is 2. The first-order valence-corrected chi connectivity index (χ1v) is 8.43. The first-order chi connectivity index (χ1) is 10.3. The van der Waals surface area contributed by atoms with Crippen LogP contribution >= 0.6 is 12.6 Å². The molecule has 1 aliphatic carbocycles. The molecule has 0 amide bonds. The lowest BCUT2D eigenvalue weighted by Crippen LogP contribution is -2.33. The summed E-state index contributed by atoms with van der Waals surface area (Å²) in [4.78, 5) is 0.979. The summed E-state index contributed by atoms with van der Waals surface area (Å²) in [6, 6.07) is 10.8. The van der Waals surface area contributed by atoms with Gasteiger partial charge in [-0.3, -0.25) is 0 Å². The Bertz CT molecular complexity index is 899. The molecular weight excluding hydrogens is 288 g/mol. The van der Waals surface area contributed by atoms with Gasteiger partial charge in [0.15, 0.2) is 0 Å². The molecule has 4 rings (SSSR count). The number of fused-ring (bicyclic) bond motifs is 4. The molecule has 0 saturated heterocycles. The van der Waals surface area contributed by atoms with Crippen molar-refractivity contribution < 1.29 is 4.42 Å². The van der Waals surface area contributed by atoms with Crippen LogP contribution in [0.3, 0.4) is 0 Å². The molecule has 2 aromatic carbocycles. The van der Waals surface area contributed by atoms with Gasteiger partial charge in [0, 0.05) is 15.7 Å². The third-order valence-electron chi connectivity index (χ3n) is 5.43. The normalized spacial score (nSPS) is 19.5. The van der Waals surface area contributed by atoms with Gasteiger partial charge in [-0.05, 0) is 65.1 Å². The van der Waals surface area contributed by atoms with Crippen LogP contribution in [0, 0.1) is 0 Å². The van der Waals surface area contributed by atoms with Gasteiger partial charge >= 0.3 is 0 Å². The standard InChI is InChI=1S/C20H22OS/c1-19(2)7-8-20(3,4)16-11-18-14(10-15(16)19)13-9-12(22)5-6-17(13)21-18/h5-6,9-11,22H,7-8H2,1-4H3. The molecule has 0 aliphatic heterocycles. The minimum atomic E-state index is 0.215. The van der Waals surface area contributed by atoms with E-state index < -0.39 is 0 Å². The lowest BCUT2D eigenvalue weighted by atomic mass is 9.63. The second kappa shape index (κ2) is 4.32. The van der Waals surface area contributed by atoms with E-state index in [-0.39, 0.29) is 10.8 Å². The molecule has 1 nitrogen and oxygen atoms in total. The van der Waals surface area contributed by atoms with Gasteiger partial charge in [-0.2, -0.15) is 0 Å². The van der Waals surface area contributed by atoms with E-state index in [2.05, 4.69) is 58.5 Å². The van der Waals surface area contributed by atoms with Crippen molar-refractivity contribution in [2.24, 2.45) is 0 Å². The first kappa shape index (κ1) is 14.2. The van der Waals surface area contributed by atoms with E-state index in [0.717, 1.165) is 16.1 Å². The molecule has 1 heterocycles. The van der Waals surface area contributed by atoms with E-state index >= 15 is 0 Å². The molecule has 1 aliphatic rings. The zero-order valence-corrected chi connectivity index (χ0v) is 14.6. The largest absolute Gasteiger partial charge is 0.456 e. The van der Waals surface area contributed by atoms with Crippen LogP contribution in [-0.2, 0) is 10.8 Å². The van der Waals surface area contributed by atoms with Crippen LogP contribution in [-0.4, -0.2) is 0 Å². The zero-order chi connectivity index (χ0) is 15.7. The minimum Gasteiger partial charge on any atom is -0.456 e. The maximum Gasteiger partial charge on any atom is 0.135 e. The predicted molar refractivity (Wildman–Crippen MR) is 96.3 cm³/mol. The van der Waals surface area contributed by atoms with E-state index in [0.29, 0.717) is 0 Å². The van der Waals surface area contributed by atoms with E-state index in [4.69, 9.17) is 4.42 Å². The third-order valence-corrected chi connectivity index (χ3v) is 5.70. The van der Waals surface area contributed by atoms with E-state index in [1.54, 1.807) is 0 Å². The fraction of sp³-hybridized carbons (Fsp3) is 0.400. The summed E-state index contributed by atoms with van der Waals surface area (Å²) >= 11 is 4.48. The van der Waals surface area contributed by atoms with Gasteiger partial charge in [-0.1, -0.05) is 27.7 Å². The van der Waals surface area contributed by atoms with Gasteiger partial charge in [0.05, 0.1) is 0 Å². The molecule has 0 atom stereocenters.